The van der Waals surface area contributed by atoms with Crippen molar-refractivity contribution in [3.05, 3.63) is 72.3 Å². The van der Waals surface area contributed by atoms with Crippen molar-refractivity contribution in [2.45, 2.75) is 0 Å². The molecule has 1 N–H and O–H groups in total. The van der Waals surface area contributed by atoms with Crippen molar-refractivity contribution < 1.29 is 18.3 Å². The molecule has 6 aromatic rings. The first-order valence-corrected chi connectivity index (χ1v) is 10.3. The maximum absolute atomic E-state index is 15.5. The highest BCUT2D eigenvalue weighted by atomic mass is 19.1. The van der Waals surface area contributed by atoms with Crippen LogP contribution in [0, 0.1) is 11.6 Å². The van der Waals surface area contributed by atoms with Crippen molar-refractivity contribution in [1.82, 2.24) is 15.2 Å². The number of fused-ring (bicyclic) bond motifs is 7. The molecule has 2 heterocycles. The third kappa shape index (κ3) is 2.75. The summed E-state index contributed by atoms with van der Waals surface area (Å²) in [6, 6.07) is 17.2. The van der Waals surface area contributed by atoms with Crippen molar-refractivity contribution in [1.29, 1.82) is 0 Å². The zero-order valence-electron chi connectivity index (χ0n) is 17.7. The van der Waals surface area contributed by atoms with Gasteiger partial charge in [0.2, 0.25) is 0 Å². The van der Waals surface area contributed by atoms with Gasteiger partial charge in [0.15, 0.2) is 11.5 Å². The van der Waals surface area contributed by atoms with Gasteiger partial charge in [-0.25, -0.2) is 13.8 Å². The molecule has 0 radical (unpaired) electrons. The van der Waals surface area contributed by atoms with E-state index in [9.17, 15) is 4.39 Å². The Bertz CT molecular complexity index is 1730. The number of benzene rings is 4. The van der Waals surface area contributed by atoms with Gasteiger partial charge in [-0.05, 0) is 41.5 Å². The van der Waals surface area contributed by atoms with E-state index in [1.54, 1.807) is 32.4 Å². The number of nitrogens with zero attached hydrogens (tertiary/aromatic N) is 2. The number of hydrogen-bond donors (Lipinski definition) is 1. The van der Waals surface area contributed by atoms with Gasteiger partial charge in [-0.1, -0.05) is 30.3 Å². The van der Waals surface area contributed by atoms with Gasteiger partial charge in [-0.15, -0.1) is 0 Å². The van der Waals surface area contributed by atoms with Gasteiger partial charge in [0, 0.05) is 21.5 Å². The minimum absolute atomic E-state index is 0.166. The summed E-state index contributed by atoms with van der Waals surface area (Å²) in [7, 11) is 3.11. The van der Waals surface area contributed by atoms with Crippen molar-refractivity contribution in [3.63, 3.8) is 0 Å². The molecule has 0 aliphatic heterocycles. The monoisotopic (exact) mass is 441 g/mol. The smallest absolute Gasteiger partial charge is 0.161 e. The SMILES string of the molecule is COc1ccc(-c2ccc(F)c3nc4c(cc(F)c5c6ccccc6[nH]nc45)c23)cc1OC. The second-order valence-electron chi connectivity index (χ2n) is 7.75. The van der Waals surface area contributed by atoms with Gasteiger partial charge >= 0.3 is 0 Å². The third-order valence-electron chi connectivity index (χ3n) is 6.03. The number of methoxy groups -OCH3 is 2. The number of ether oxygens (including phenoxy) is 2. The summed E-state index contributed by atoms with van der Waals surface area (Å²) in [6.45, 7) is 0. The van der Waals surface area contributed by atoms with Crippen LogP contribution in [-0.2, 0) is 0 Å². The number of hydrogen-bond acceptors (Lipinski definition) is 4. The largest absolute Gasteiger partial charge is 0.493 e. The number of H-pyrrole nitrogens is 1. The summed E-state index contributed by atoms with van der Waals surface area (Å²) in [4.78, 5) is 4.57. The number of halogens is 2. The second kappa shape index (κ2) is 7.13. The molecule has 162 valence electrons. The lowest BCUT2D eigenvalue weighted by molar-refractivity contribution is 0.355. The molecule has 4 aromatic carbocycles. The normalized spacial score (nSPS) is 11.6. The molecule has 5 nitrogen and oxygen atoms in total. The number of para-hydroxylation sites is 1. The van der Waals surface area contributed by atoms with Crippen LogP contribution in [0.2, 0.25) is 0 Å². The van der Waals surface area contributed by atoms with E-state index in [1.165, 1.54) is 12.1 Å². The maximum Gasteiger partial charge on any atom is 0.161 e. The van der Waals surface area contributed by atoms with Crippen molar-refractivity contribution in [3.8, 4) is 22.6 Å². The molecule has 0 aliphatic carbocycles. The topological polar surface area (TPSA) is 60.0 Å². The molecule has 0 aliphatic rings. The average Bonchev–Trinajstić information content (AvgIpc) is 3.24. The predicted octanol–water partition coefficient (Wildman–Crippen LogP) is 6.38. The molecule has 6 rings (SSSR count). The van der Waals surface area contributed by atoms with Crippen LogP contribution in [0.15, 0.2) is 60.7 Å². The zero-order valence-corrected chi connectivity index (χ0v) is 17.7. The lowest BCUT2D eigenvalue weighted by Crippen LogP contribution is -1.92. The van der Waals surface area contributed by atoms with Crippen LogP contribution < -0.4 is 9.47 Å². The molecule has 0 bridgehead atoms. The summed E-state index contributed by atoms with van der Waals surface area (Å²) in [5, 5.41) is 9.42. The van der Waals surface area contributed by atoms with Crippen LogP contribution in [-0.4, -0.2) is 29.4 Å². The molecule has 33 heavy (non-hydrogen) atoms. The first-order valence-electron chi connectivity index (χ1n) is 10.3. The molecule has 7 heteroatoms. The predicted molar refractivity (Wildman–Crippen MR) is 125 cm³/mol. The van der Waals surface area contributed by atoms with Gasteiger partial charge in [0.05, 0.1) is 19.7 Å². The van der Waals surface area contributed by atoms with E-state index in [1.807, 2.05) is 30.3 Å². The van der Waals surface area contributed by atoms with Crippen molar-refractivity contribution in [2.24, 2.45) is 0 Å². The fraction of sp³-hybridized carbons (Fsp3) is 0.0769. The van der Waals surface area contributed by atoms with Gasteiger partial charge in [0.25, 0.3) is 0 Å². The van der Waals surface area contributed by atoms with E-state index in [4.69, 9.17) is 9.47 Å². The Morgan fingerprint density at radius 3 is 2.36 bits per heavy atom. The Morgan fingerprint density at radius 2 is 1.55 bits per heavy atom. The summed E-state index contributed by atoms with van der Waals surface area (Å²) < 4.78 is 41.2. The molecule has 0 spiro atoms. The molecule has 2 aromatic heterocycles. The van der Waals surface area contributed by atoms with Gasteiger partial charge < -0.3 is 9.47 Å². The van der Waals surface area contributed by atoms with Gasteiger partial charge in [0.1, 0.15) is 28.2 Å². The van der Waals surface area contributed by atoms with E-state index in [-0.39, 0.29) is 5.52 Å². The van der Waals surface area contributed by atoms with E-state index < -0.39 is 11.6 Å². The molecule has 0 saturated carbocycles. The first kappa shape index (κ1) is 19.4. The number of aromatic amines is 1. The highest BCUT2D eigenvalue weighted by Gasteiger charge is 2.21. The minimum Gasteiger partial charge on any atom is -0.493 e. The number of nitrogens with one attached hydrogen (secondary N) is 1. The summed E-state index contributed by atoms with van der Waals surface area (Å²) in [5.74, 6) is 0.195. The molecule has 0 fully saturated rings. The Labute approximate surface area is 186 Å². The van der Waals surface area contributed by atoms with Crippen LogP contribution in [0.3, 0.4) is 0 Å². The molecule has 0 saturated heterocycles. The number of rotatable bonds is 3. The van der Waals surface area contributed by atoms with E-state index in [0.29, 0.717) is 55.2 Å². The lowest BCUT2D eigenvalue weighted by Gasteiger charge is -2.11. The Balaban J connectivity index is 1.74. The van der Waals surface area contributed by atoms with Crippen LogP contribution >= 0.6 is 0 Å². The maximum atomic E-state index is 15.5. The van der Waals surface area contributed by atoms with E-state index >= 15 is 4.39 Å². The standard InChI is InChI=1S/C26H17F2N3O2/c1-32-20-10-7-13(11-21(20)33-2)14-8-9-17(27)25-22(14)16-12-18(28)23-15-5-3-4-6-19(15)30-31-26(23)24(16)29-25/h3-12,30H,1-2H3. The van der Waals surface area contributed by atoms with Crippen molar-refractivity contribution in [2.75, 3.05) is 14.2 Å². The molecular formula is C26H17F2N3O2. The average molecular weight is 441 g/mol. The minimum atomic E-state index is -0.483. The fourth-order valence-electron chi connectivity index (χ4n) is 4.51. The third-order valence-corrected chi connectivity index (χ3v) is 6.03. The van der Waals surface area contributed by atoms with Crippen LogP contribution in [0.5, 0.6) is 11.5 Å². The van der Waals surface area contributed by atoms with E-state index in [0.717, 1.165) is 5.56 Å². The van der Waals surface area contributed by atoms with Crippen molar-refractivity contribution >= 4 is 43.6 Å². The lowest BCUT2D eigenvalue weighted by atomic mass is 9.98. The van der Waals surface area contributed by atoms with Crippen LogP contribution in [0.1, 0.15) is 0 Å². The molecular weight excluding hydrogens is 424 g/mol. The van der Waals surface area contributed by atoms with Gasteiger partial charge in [-0.3, -0.25) is 5.10 Å². The molecule has 0 amide bonds. The summed E-state index contributed by atoms with van der Waals surface area (Å²) >= 11 is 0. The Kier molecular flexibility index (Phi) is 4.20. The summed E-state index contributed by atoms with van der Waals surface area (Å²) in [5.41, 5.74) is 3.15. The fourth-order valence-corrected chi connectivity index (χ4v) is 4.51. The first-order chi connectivity index (χ1) is 16.1. The Hall–Kier alpha value is -4.26. The molecule has 0 unspecified atom stereocenters. The van der Waals surface area contributed by atoms with Crippen LogP contribution in [0.4, 0.5) is 8.78 Å². The summed E-state index contributed by atoms with van der Waals surface area (Å²) in [6.07, 6.45) is 0. The Morgan fingerprint density at radius 1 is 0.727 bits per heavy atom. The van der Waals surface area contributed by atoms with Crippen LogP contribution in [0.25, 0.3) is 54.7 Å². The quantitative estimate of drug-likeness (QED) is 0.324. The zero-order chi connectivity index (χ0) is 22.7. The second-order valence-corrected chi connectivity index (χ2v) is 7.75. The molecule has 0 atom stereocenters. The number of aromatic nitrogens is 3. The van der Waals surface area contributed by atoms with E-state index in [2.05, 4.69) is 15.2 Å². The highest BCUT2D eigenvalue weighted by Crippen LogP contribution is 2.41. The van der Waals surface area contributed by atoms with Gasteiger partial charge in [-0.2, -0.15) is 5.10 Å². The highest BCUT2D eigenvalue weighted by molar-refractivity contribution is 6.22.